The molecule has 2 nitrogen and oxygen atoms in total. The Labute approximate surface area is 41.8 Å². The van der Waals surface area contributed by atoms with Gasteiger partial charge in [0.25, 0.3) is 0 Å². The number of epoxide rings is 1. The first-order valence-electron chi connectivity index (χ1n) is 2.24. The van der Waals surface area contributed by atoms with Gasteiger partial charge < -0.3 is 4.74 Å². The highest BCUT2D eigenvalue weighted by Crippen LogP contribution is 2.12. The maximum atomic E-state index is 9.50. The molecule has 1 unspecified atom stereocenters. The molecule has 38 valence electrons. The van der Waals surface area contributed by atoms with Crippen LogP contribution in [0.15, 0.2) is 6.08 Å². The molecule has 0 saturated carbocycles. The second-order valence-electron chi connectivity index (χ2n) is 1.51. The van der Waals surface area contributed by atoms with Gasteiger partial charge >= 0.3 is 0 Å². The highest BCUT2D eigenvalue weighted by Gasteiger charge is 2.19. The van der Waals surface area contributed by atoms with Crippen LogP contribution in [0, 0.1) is 0 Å². The minimum Gasteiger partial charge on any atom is -0.373 e. The van der Waals surface area contributed by atoms with Gasteiger partial charge in [-0.1, -0.05) is 0 Å². The summed E-state index contributed by atoms with van der Waals surface area (Å²) in [5, 5.41) is 0. The summed E-state index contributed by atoms with van der Waals surface area (Å²) < 4.78 is 4.80. The topological polar surface area (TPSA) is 29.6 Å². The molecule has 0 N–H and O–H groups in total. The van der Waals surface area contributed by atoms with Crippen molar-refractivity contribution in [3.05, 3.63) is 6.08 Å². The third-order valence-electron chi connectivity index (χ3n) is 0.866. The van der Waals surface area contributed by atoms with Crippen molar-refractivity contribution in [2.24, 2.45) is 0 Å². The van der Waals surface area contributed by atoms with E-state index in [9.17, 15) is 4.79 Å². The van der Waals surface area contributed by atoms with Crippen LogP contribution in [0.1, 0.15) is 6.42 Å². The van der Waals surface area contributed by atoms with Gasteiger partial charge in [-0.2, -0.15) is 0 Å². The summed E-state index contributed by atoms with van der Waals surface area (Å²) in [6.07, 6.45) is 2.53. The minimum absolute atomic E-state index is 0.335. The molecule has 0 spiro atoms. The third-order valence-corrected chi connectivity index (χ3v) is 0.866. The van der Waals surface area contributed by atoms with E-state index in [4.69, 9.17) is 4.74 Å². The molecule has 0 radical (unpaired) electrons. The summed E-state index contributed by atoms with van der Waals surface area (Å²) >= 11 is 0. The molecule has 1 rings (SSSR count). The van der Waals surface area contributed by atoms with Crippen LogP contribution in [0.3, 0.4) is 0 Å². The Morgan fingerprint density at radius 2 is 2.71 bits per heavy atom. The molecular weight excluding hydrogens is 92.1 g/mol. The quantitative estimate of drug-likeness (QED) is 0.364. The van der Waals surface area contributed by atoms with E-state index in [2.05, 4.69) is 0 Å². The van der Waals surface area contributed by atoms with Gasteiger partial charge in [-0.05, 0) is 0 Å². The van der Waals surface area contributed by atoms with Crippen molar-refractivity contribution >= 4 is 5.94 Å². The van der Waals surface area contributed by atoms with E-state index in [1.54, 1.807) is 5.94 Å². The minimum atomic E-state index is 0.335. The largest absolute Gasteiger partial charge is 0.373 e. The number of ether oxygens (including phenoxy) is 1. The molecule has 0 amide bonds. The Hall–Kier alpha value is -0.590. The fraction of sp³-hybridized carbons (Fsp3) is 0.600. The van der Waals surface area contributed by atoms with Gasteiger partial charge in [0.1, 0.15) is 5.94 Å². The Morgan fingerprint density at radius 1 is 2.00 bits per heavy atom. The maximum absolute atomic E-state index is 9.50. The summed E-state index contributed by atoms with van der Waals surface area (Å²) in [4.78, 5) is 9.50. The average molecular weight is 98.1 g/mol. The average Bonchev–Trinajstić information content (AvgIpc) is 2.42. The monoisotopic (exact) mass is 98.0 g/mol. The molecule has 0 aromatic rings. The standard InChI is InChI=1S/C5H6O2/c6-3-1-2-5-4-7-5/h1,5H,2,4H2. The molecule has 1 heterocycles. The summed E-state index contributed by atoms with van der Waals surface area (Å²) in [5.41, 5.74) is 0. The summed E-state index contributed by atoms with van der Waals surface area (Å²) in [6, 6.07) is 0. The molecule has 0 bridgehead atoms. The lowest BCUT2D eigenvalue weighted by atomic mass is 10.3. The first kappa shape index (κ1) is 4.57. The van der Waals surface area contributed by atoms with E-state index in [1.807, 2.05) is 0 Å². The van der Waals surface area contributed by atoms with Gasteiger partial charge in [0, 0.05) is 12.5 Å². The van der Waals surface area contributed by atoms with Crippen molar-refractivity contribution in [1.82, 2.24) is 0 Å². The highest BCUT2D eigenvalue weighted by molar-refractivity contribution is 5.44. The SMILES string of the molecule is O=C=CCC1CO1. The fourth-order valence-electron chi connectivity index (χ4n) is 0.384. The molecule has 1 fully saturated rings. The normalized spacial score (nSPS) is 26.0. The van der Waals surface area contributed by atoms with Gasteiger partial charge in [0.15, 0.2) is 0 Å². The fourth-order valence-corrected chi connectivity index (χ4v) is 0.384. The van der Waals surface area contributed by atoms with Gasteiger partial charge in [0.2, 0.25) is 0 Å². The zero-order valence-electron chi connectivity index (χ0n) is 3.89. The number of hydrogen-bond acceptors (Lipinski definition) is 2. The van der Waals surface area contributed by atoms with Gasteiger partial charge in [-0.25, -0.2) is 4.79 Å². The van der Waals surface area contributed by atoms with Crippen LogP contribution in [0.2, 0.25) is 0 Å². The molecule has 0 aromatic carbocycles. The van der Waals surface area contributed by atoms with Crippen LogP contribution in [0.4, 0.5) is 0 Å². The van der Waals surface area contributed by atoms with Crippen molar-refractivity contribution in [3.63, 3.8) is 0 Å². The zero-order valence-corrected chi connectivity index (χ0v) is 3.89. The van der Waals surface area contributed by atoms with Crippen LogP contribution < -0.4 is 0 Å². The third kappa shape index (κ3) is 1.53. The molecule has 1 saturated heterocycles. The first-order chi connectivity index (χ1) is 3.43. The molecule has 0 aliphatic carbocycles. The van der Waals surface area contributed by atoms with Crippen molar-refractivity contribution in [1.29, 1.82) is 0 Å². The second-order valence-corrected chi connectivity index (χ2v) is 1.51. The summed E-state index contributed by atoms with van der Waals surface area (Å²) in [7, 11) is 0. The van der Waals surface area contributed by atoms with Crippen LogP contribution in [-0.4, -0.2) is 18.7 Å². The molecule has 0 aromatic heterocycles. The Bertz CT molecular complexity index is 98.6. The van der Waals surface area contributed by atoms with E-state index in [0.717, 1.165) is 13.0 Å². The molecule has 7 heavy (non-hydrogen) atoms. The van der Waals surface area contributed by atoms with E-state index in [-0.39, 0.29) is 0 Å². The predicted molar refractivity (Wildman–Crippen MR) is 24.6 cm³/mol. The molecule has 1 atom stereocenters. The van der Waals surface area contributed by atoms with Gasteiger partial charge in [-0.15, -0.1) is 0 Å². The van der Waals surface area contributed by atoms with E-state index < -0.39 is 0 Å². The number of carbonyl (C=O) groups excluding carboxylic acids is 1. The predicted octanol–water partition coefficient (Wildman–Crippen LogP) is 0.163. The zero-order chi connectivity index (χ0) is 5.11. The van der Waals surface area contributed by atoms with Crippen LogP contribution >= 0.6 is 0 Å². The Balaban J connectivity index is 2.09. The van der Waals surface area contributed by atoms with Crippen molar-refractivity contribution in [3.8, 4) is 0 Å². The molecule has 1 aliphatic rings. The molecular formula is C5H6O2. The lowest BCUT2D eigenvalue weighted by Crippen LogP contribution is -1.77. The van der Waals surface area contributed by atoms with Crippen LogP contribution in [0.25, 0.3) is 0 Å². The number of rotatable bonds is 2. The number of hydrogen-bond donors (Lipinski definition) is 0. The van der Waals surface area contributed by atoms with Gasteiger partial charge in [-0.3, -0.25) is 0 Å². The van der Waals surface area contributed by atoms with Crippen molar-refractivity contribution in [2.75, 3.05) is 6.61 Å². The first-order valence-corrected chi connectivity index (χ1v) is 2.24. The van der Waals surface area contributed by atoms with E-state index in [1.165, 1.54) is 6.08 Å². The van der Waals surface area contributed by atoms with Crippen molar-refractivity contribution in [2.45, 2.75) is 12.5 Å². The maximum Gasteiger partial charge on any atom is 0.120 e. The molecule has 2 heteroatoms. The van der Waals surface area contributed by atoms with Crippen LogP contribution in [-0.2, 0) is 9.53 Å². The lowest BCUT2D eigenvalue weighted by molar-refractivity contribution is 0.410. The van der Waals surface area contributed by atoms with E-state index >= 15 is 0 Å². The van der Waals surface area contributed by atoms with Crippen molar-refractivity contribution < 1.29 is 9.53 Å². The van der Waals surface area contributed by atoms with E-state index in [0.29, 0.717) is 6.10 Å². The summed E-state index contributed by atoms with van der Waals surface area (Å²) in [5.74, 6) is 1.68. The highest BCUT2D eigenvalue weighted by atomic mass is 16.6. The van der Waals surface area contributed by atoms with Gasteiger partial charge in [0.05, 0.1) is 12.7 Å². The lowest BCUT2D eigenvalue weighted by Gasteiger charge is -1.72. The Morgan fingerprint density at radius 3 is 3.14 bits per heavy atom. The Kier molecular flexibility index (Phi) is 1.25. The second kappa shape index (κ2) is 1.92. The smallest absolute Gasteiger partial charge is 0.120 e. The van der Waals surface area contributed by atoms with Crippen LogP contribution in [0.5, 0.6) is 0 Å². The molecule has 1 aliphatic heterocycles. The summed E-state index contributed by atoms with van der Waals surface area (Å²) in [6.45, 7) is 0.818.